The number of hydrogen-bond acceptors (Lipinski definition) is 4. The highest BCUT2D eigenvalue weighted by atomic mass is 32.1. The number of carbonyl (C=O) groups excluding carboxylic acids is 2. The van der Waals surface area contributed by atoms with Crippen molar-refractivity contribution in [1.29, 1.82) is 0 Å². The van der Waals surface area contributed by atoms with Gasteiger partial charge in [0.1, 0.15) is 5.00 Å². The molecule has 0 radical (unpaired) electrons. The number of fused-ring (bicyclic) bond motifs is 1. The van der Waals surface area contributed by atoms with Crippen LogP contribution < -0.4 is 10.6 Å². The highest BCUT2D eigenvalue weighted by Gasteiger charge is 2.29. The summed E-state index contributed by atoms with van der Waals surface area (Å²) < 4.78 is 5.22. The van der Waals surface area contributed by atoms with Crippen molar-refractivity contribution in [1.82, 2.24) is 0 Å². The Kier molecular flexibility index (Phi) is 7.24. The Hall–Kier alpha value is -1.40. The minimum Gasteiger partial charge on any atom is -0.462 e. The molecule has 0 fully saturated rings. The van der Waals surface area contributed by atoms with E-state index in [4.69, 9.17) is 4.74 Å². The number of rotatable bonds is 8. The maximum atomic E-state index is 12.4. The number of ether oxygens (including phenoxy) is 1. The van der Waals surface area contributed by atoms with Crippen LogP contribution in [0.2, 0.25) is 0 Å². The zero-order chi connectivity index (χ0) is 17.5. The van der Waals surface area contributed by atoms with Crippen molar-refractivity contribution >= 4 is 28.2 Å². The van der Waals surface area contributed by atoms with Crippen LogP contribution >= 0.6 is 11.3 Å². The van der Waals surface area contributed by atoms with Crippen molar-refractivity contribution in [2.45, 2.75) is 52.9 Å². The van der Waals surface area contributed by atoms with E-state index < -0.39 is 0 Å². The van der Waals surface area contributed by atoms with Gasteiger partial charge in [0.05, 0.1) is 18.7 Å². The molecular formula is C18H29N2O3S+. The van der Waals surface area contributed by atoms with Crippen molar-refractivity contribution < 1.29 is 19.6 Å². The first kappa shape index (κ1) is 18.9. The average molecular weight is 354 g/mol. The van der Waals surface area contributed by atoms with Crippen molar-refractivity contribution in [3.05, 3.63) is 16.0 Å². The van der Waals surface area contributed by atoms with E-state index in [1.165, 1.54) is 4.88 Å². The molecule has 1 aliphatic rings. The minimum atomic E-state index is -0.310. The van der Waals surface area contributed by atoms with E-state index in [1.807, 2.05) is 5.32 Å². The van der Waals surface area contributed by atoms with Gasteiger partial charge in [-0.2, -0.15) is 0 Å². The van der Waals surface area contributed by atoms with Crippen LogP contribution in [0.15, 0.2) is 0 Å². The number of unbranched alkanes of at least 4 members (excludes halogenated alkanes) is 1. The van der Waals surface area contributed by atoms with Gasteiger partial charge in [-0.15, -0.1) is 11.3 Å². The molecule has 0 aromatic carbocycles. The molecule has 1 aromatic heterocycles. The van der Waals surface area contributed by atoms with Gasteiger partial charge < -0.3 is 15.4 Å². The number of carbonyl (C=O) groups is 2. The molecule has 0 saturated carbocycles. The zero-order valence-corrected chi connectivity index (χ0v) is 15.8. The topological polar surface area (TPSA) is 72.0 Å². The molecule has 2 rings (SSSR count). The SMILES string of the molecule is CCCC[NH2+]CC(=O)Nc1sc2c(c1C(=O)OCC)CC[C@H](C)C2. The number of nitrogens with two attached hydrogens (primary N) is 1. The third-order valence-corrected chi connectivity index (χ3v) is 5.51. The number of thiophene rings is 1. The first-order valence-corrected chi connectivity index (χ1v) is 9.81. The lowest BCUT2D eigenvalue weighted by Crippen LogP contribution is -2.86. The molecule has 1 atom stereocenters. The summed E-state index contributed by atoms with van der Waals surface area (Å²) in [6.45, 7) is 7.86. The van der Waals surface area contributed by atoms with Gasteiger partial charge in [-0.1, -0.05) is 20.3 Å². The van der Waals surface area contributed by atoms with E-state index >= 15 is 0 Å². The highest BCUT2D eigenvalue weighted by molar-refractivity contribution is 7.17. The fourth-order valence-corrected chi connectivity index (χ4v) is 4.43. The van der Waals surface area contributed by atoms with Crippen molar-refractivity contribution in [2.24, 2.45) is 5.92 Å². The van der Waals surface area contributed by atoms with Gasteiger partial charge in [0, 0.05) is 4.88 Å². The van der Waals surface area contributed by atoms with Crippen LogP contribution in [0.3, 0.4) is 0 Å². The van der Waals surface area contributed by atoms with Gasteiger partial charge in [-0.25, -0.2) is 4.79 Å². The smallest absolute Gasteiger partial charge is 0.341 e. The molecule has 24 heavy (non-hydrogen) atoms. The Balaban J connectivity index is 2.13. The lowest BCUT2D eigenvalue weighted by Gasteiger charge is -2.18. The summed E-state index contributed by atoms with van der Waals surface area (Å²) in [5, 5.41) is 5.63. The van der Waals surface area contributed by atoms with Gasteiger partial charge in [0.25, 0.3) is 5.91 Å². The summed E-state index contributed by atoms with van der Waals surface area (Å²) in [5.74, 6) is 0.259. The second-order valence-electron chi connectivity index (χ2n) is 6.46. The van der Waals surface area contributed by atoms with Crippen molar-refractivity contribution in [3.63, 3.8) is 0 Å². The summed E-state index contributed by atoms with van der Waals surface area (Å²) in [6, 6.07) is 0. The predicted molar refractivity (Wildman–Crippen MR) is 96.7 cm³/mol. The largest absolute Gasteiger partial charge is 0.462 e. The number of nitrogens with one attached hydrogen (secondary N) is 1. The van der Waals surface area contributed by atoms with E-state index in [0.29, 0.717) is 29.6 Å². The fourth-order valence-electron chi connectivity index (χ4n) is 3.02. The summed E-state index contributed by atoms with van der Waals surface area (Å²) in [5.41, 5.74) is 1.67. The lowest BCUT2D eigenvalue weighted by atomic mass is 9.88. The molecule has 1 heterocycles. The molecule has 0 spiro atoms. The molecule has 0 saturated heterocycles. The van der Waals surface area contributed by atoms with Crippen LogP contribution in [-0.2, 0) is 22.4 Å². The third-order valence-electron chi connectivity index (χ3n) is 4.34. The molecule has 3 N–H and O–H groups in total. The van der Waals surface area contributed by atoms with E-state index in [0.717, 1.165) is 44.2 Å². The summed E-state index contributed by atoms with van der Waals surface area (Å²) in [7, 11) is 0. The van der Waals surface area contributed by atoms with Gasteiger partial charge in [0.15, 0.2) is 6.54 Å². The molecule has 1 amide bonds. The lowest BCUT2D eigenvalue weighted by molar-refractivity contribution is -0.643. The quantitative estimate of drug-likeness (QED) is 0.557. The van der Waals surface area contributed by atoms with Gasteiger partial charge in [-0.3, -0.25) is 4.79 Å². The molecule has 0 bridgehead atoms. The van der Waals surface area contributed by atoms with Crippen molar-refractivity contribution in [2.75, 3.05) is 25.0 Å². The maximum absolute atomic E-state index is 12.4. The molecule has 6 heteroatoms. The molecule has 0 unspecified atom stereocenters. The number of quaternary nitrogens is 1. The average Bonchev–Trinajstić information content (AvgIpc) is 2.88. The van der Waals surface area contributed by atoms with Crippen LogP contribution in [0.4, 0.5) is 5.00 Å². The third kappa shape index (κ3) is 4.80. The first-order chi connectivity index (χ1) is 11.6. The second kappa shape index (κ2) is 9.18. The van der Waals surface area contributed by atoms with Gasteiger partial charge in [-0.05, 0) is 44.1 Å². The molecule has 1 aromatic rings. The van der Waals surface area contributed by atoms with Crippen LogP contribution in [0.25, 0.3) is 0 Å². The highest BCUT2D eigenvalue weighted by Crippen LogP contribution is 2.40. The molecular weight excluding hydrogens is 324 g/mol. The zero-order valence-electron chi connectivity index (χ0n) is 14.9. The summed E-state index contributed by atoms with van der Waals surface area (Å²) >= 11 is 1.55. The van der Waals surface area contributed by atoms with Crippen LogP contribution in [0, 0.1) is 5.92 Å². The fraction of sp³-hybridized carbons (Fsp3) is 0.667. The Labute approximate surface area is 148 Å². The molecule has 1 aliphatic carbocycles. The first-order valence-electron chi connectivity index (χ1n) is 8.99. The van der Waals surface area contributed by atoms with E-state index in [1.54, 1.807) is 18.3 Å². The standard InChI is InChI=1S/C18H28N2O3S/c1-4-6-9-19-11-15(21)20-17-16(18(22)23-5-2)13-8-7-12(3)10-14(13)24-17/h12,19H,4-11H2,1-3H3,(H,20,21)/p+1/t12-/m0/s1. The molecule has 0 aliphatic heterocycles. The van der Waals surface area contributed by atoms with Gasteiger partial charge in [0.2, 0.25) is 0 Å². The monoisotopic (exact) mass is 353 g/mol. The Morgan fingerprint density at radius 3 is 2.88 bits per heavy atom. The predicted octanol–water partition coefficient (Wildman–Crippen LogP) is 2.35. The van der Waals surface area contributed by atoms with Crippen LogP contribution in [0.5, 0.6) is 0 Å². The van der Waals surface area contributed by atoms with E-state index in [2.05, 4.69) is 19.2 Å². The van der Waals surface area contributed by atoms with Crippen LogP contribution in [0.1, 0.15) is 60.8 Å². The number of hydrogen-bond donors (Lipinski definition) is 2. The van der Waals surface area contributed by atoms with Crippen LogP contribution in [-0.4, -0.2) is 31.6 Å². The second-order valence-corrected chi connectivity index (χ2v) is 7.56. The maximum Gasteiger partial charge on any atom is 0.341 e. The van der Waals surface area contributed by atoms with Gasteiger partial charge >= 0.3 is 5.97 Å². The minimum absolute atomic E-state index is 0.0525. The van der Waals surface area contributed by atoms with E-state index in [-0.39, 0.29) is 11.9 Å². The van der Waals surface area contributed by atoms with Crippen molar-refractivity contribution in [3.8, 4) is 0 Å². The Bertz CT molecular complexity index is 583. The summed E-state index contributed by atoms with van der Waals surface area (Å²) in [6.07, 6.45) is 5.17. The number of amides is 1. The number of anilines is 1. The molecule has 5 nitrogen and oxygen atoms in total. The number of esters is 1. The van der Waals surface area contributed by atoms with E-state index in [9.17, 15) is 9.59 Å². The Morgan fingerprint density at radius 2 is 2.17 bits per heavy atom. The Morgan fingerprint density at radius 1 is 1.38 bits per heavy atom. The summed E-state index contributed by atoms with van der Waals surface area (Å²) in [4.78, 5) is 25.8. The molecule has 134 valence electrons. The normalized spacial score (nSPS) is 16.5.